The fourth-order valence-electron chi connectivity index (χ4n) is 9.88. The van der Waals surface area contributed by atoms with Crippen molar-refractivity contribution in [2.75, 3.05) is 13.1 Å². The highest BCUT2D eigenvalue weighted by atomic mass is 16.5. The molecule has 0 saturated carbocycles. The van der Waals surface area contributed by atoms with Crippen molar-refractivity contribution >= 4 is 81.3 Å². The van der Waals surface area contributed by atoms with Gasteiger partial charge < -0.3 is 36.2 Å². The van der Waals surface area contributed by atoms with E-state index in [9.17, 15) is 48.6 Å². The van der Waals surface area contributed by atoms with Crippen LogP contribution in [-0.4, -0.2) is 127 Å². The number of aryl methyl sites for hydroxylation is 2. The van der Waals surface area contributed by atoms with Gasteiger partial charge in [0.1, 0.15) is 42.4 Å². The van der Waals surface area contributed by atoms with Crippen molar-refractivity contribution in [1.82, 2.24) is 52.1 Å². The molecule has 83 heavy (non-hydrogen) atoms. The van der Waals surface area contributed by atoms with Crippen LogP contribution in [0.25, 0.3) is 34.0 Å². The van der Waals surface area contributed by atoms with E-state index in [2.05, 4.69) is 37.1 Å². The summed E-state index contributed by atoms with van der Waals surface area (Å²) in [5.74, 6) is -4.46. The summed E-state index contributed by atoms with van der Waals surface area (Å²) in [4.78, 5) is 113. The molecular formula is C62H84N10O11. The van der Waals surface area contributed by atoms with E-state index in [1.165, 1.54) is 16.9 Å². The van der Waals surface area contributed by atoms with Crippen molar-refractivity contribution in [3.63, 3.8) is 0 Å². The Balaban J connectivity index is 0.000000267. The summed E-state index contributed by atoms with van der Waals surface area (Å²) in [5.41, 5.74) is 10.0. The monoisotopic (exact) mass is 1140 g/mol. The number of cyclic esters (lactones) is 1. The number of aliphatic hydroxyl groups is 1. The Morgan fingerprint density at radius 2 is 1.48 bits per heavy atom. The second-order valence-corrected chi connectivity index (χ2v) is 24.0. The lowest BCUT2D eigenvalue weighted by molar-refractivity contribution is -0.157. The minimum Gasteiger partial charge on any atom is -0.480 e. The van der Waals surface area contributed by atoms with Crippen LogP contribution in [-0.2, 0) is 43.1 Å². The first-order valence-electron chi connectivity index (χ1n) is 28.6. The number of hydrazine groups is 2. The van der Waals surface area contributed by atoms with Gasteiger partial charge in [0.2, 0.25) is 23.6 Å². The molecule has 2 aromatic heterocycles. The Labute approximate surface area is 486 Å². The van der Waals surface area contributed by atoms with Gasteiger partial charge in [-0.25, -0.2) is 20.8 Å². The number of aromatic nitrogens is 2. The first-order valence-corrected chi connectivity index (χ1v) is 28.6. The summed E-state index contributed by atoms with van der Waals surface area (Å²) in [5, 5.41) is 34.9. The molecule has 8 N–H and O–H groups in total. The number of ether oxygens (including phenoxy) is 1. The Hall–Kier alpha value is -7.62. The van der Waals surface area contributed by atoms with Gasteiger partial charge in [-0.15, -0.1) is 0 Å². The van der Waals surface area contributed by atoms with Gasteiger partial charge >= 0.3 is 11.9 Å². The SMILES string of the molecule is Cc1cc2ccc(/C=C/C(C)(C)C(=O)N[C@H](C(=O)N[C@@H](C)C(=O)N3CCC[C@@H](C(=O)O)N3)C(C)C)cc2nc1[C@@H](C)O.Cc1cc2ccc3cc2nc1[C@@H](C)OC(=O)[C@@H]1CCCN(N1)C(=O)[C@H](C)NC(=O)[C@H](C(C)C)NC(=O)C(C)(C)C=C3. The minimum atomic E-state index is -1.04. The van der Waals surface area contributed by atoms with Gasteiger partial charge in [-0.3, -0.25) is 48.4 Å². The highest BCUT2D eigenvalue weighted by Crippen LogP contribution is 2.29. The van der Waals surface area contributed by atoms with Crippen LogP contribution in [0.1, 0.15) is 155 Å². The molecule has 3 aliphatic heterocycles. The summed E-state index contributed by atoms with van der Waals surface area (Å²) < 4.78 is 5.83. The number of hydrogen-bond donors (Lipinski definition) is 8. The predicted octanol–water partition coefficient (Wildman–Crippen LogP) is 6.20. The van der Waals surface area contributed by atoms with Crippen LogP contribution in [0.3, 0.4) is 0 Å². The molecule has 0 unspecified atom stereocenters. The van der Waals surface area contributed by atoms with Crippen molar-refractivity contribution in [2.45, 2.75) is 171 Å². The molecule has 0 spiro atoms. The quantitative estimate of drug-likeness (QED) is 0.0776. The second kappa shape index (κ2) is 27.2. The number of hydrogen-bond acceptors (Lipinski definition) is 14. The van der Waals surface area contributed by atoms with Gasteiger partial charge in [0.05, 0.1) is 39.4 Å². The molecule has 21 nitrogen and oxygen atoms in total. The molecule has 21 heteroatoms. The maximum absolute atomic E-state index is 13.3. The number of carboxylic acids is 1. The third kappa shape index (κ3) is 16.3. The summed E-state index contributed by atoms with van der Waals surface area (Å²) in [6, 6.07) is 10.5. The summed E-state index contributed by atoms with van der Waals surface area (Å²) >= 11 is 0. The van der Waals surface area contributed by atoms with E-state index in [4.69, 9.17) is 9.72 Å². The molecule has 2 aromatic carbocycles. The van der Waals surface area contributed by atoms with E-state index >= 15 is 0 Å². The predicted molar refractivity (Wildman–Crippen MR) is 316 cm³/mol. The smallest absolute Gasteiger partial charge is 0.325 e. The molecule has 5 heterocycles. The lowest BCUT2D eigenvalue weighted by atomic mass is 9.89. The third-order valence-electron chi connectivity index (χ3n) is 15.2. The van der Waals surface area contributed by atoms with Crippen molar-refractivity contribution in [3.8, 4) is 0 Å². The number of fused-ring (bicyclic) bond motifs is 5. The Kier molecular flexibility index (Phi) is 21.1. The van der Waals surface area contributed by atoms with Crippen LogP contribution in [0.5, 0.6) is 0 Å². The highest BCUT2D eigenvalue weighted by molar-refractivity contribution is 5.96. The molecule has 448 valence electrons. The van der Waals surface area contributed by atoms with E-state index in [0.29, 0.717) is 50.2 Å². The van der Waals surface area contributed by atoms with E-state index in [0.717, 1.165) is 44.1 Å². The summed E-state index contributed by atoms with van der Waals surface area (Å²) in [6.45, 7) is 25.5. The molecule has 0 radical (unpaired) electrons. The maximum Gasteiger partial charge on any atom is 0.325 e. The number of amides is 6. The van der Waals surface area contributed by atoms with Gasteiger partial charge in [-0.05, 0) is 153 Å². The first-order chi connectivity index (χ1) is 38.9. The highest BCUT2D eigenvalue weighted by Gasteiger charge is 2.37. The molecule has 3 aliphatic rings. The van der Waals surface area contributed by atoms with Gasteiger partial charge in [0, 0.05) is 23.9 Å². The van der Waals surface area contributed by atoms with Crippen molar-refractivity contribution < 1.29 is 53.3 Å². The largest absolute Gasteiger partial charge is 0.480 e. The molecule has 7 rings (SSSR count). The van der Waals surface area contributed by atoms with Gasteiger partial charge in [-0.2, -0.15) is 0 Å². The second-order valence-electron chi connectivity index (χ2n) is 24.0. The number of carbonyl (C=O) groups excluding carboxylic acids is 7. The van der Waals surface area contributed by atoms with Crippen LogP contribution in [0.15, 0.2) is 60.7 Å². The Morgan fingerprint density at radius 3 is 2.13 bits per heavy atom. The fourth-order valence-corrected chi connectivity index (χ4v) is 9.88. The summed E-state index contributed by atoms with van der Waals surface area (Å²) in [7, 11) is 0. The van der Waals surface area contributed by atoms with Crippen LogP contribution in [0, 0.1) is 36.5 Å². The molecule has 2 fully saturated rings. The van der Waals surface area contributed by atoms with Gasteiger partial charge in [0.15, 0.2) is 0 Å². The molecule has 2 saturated heterocycles. The topological polar surface area (TPSA) is 291 Å². The van der Waals surface area contributed by atoms with Gasteiger partial charge in [0.25, 0.3) is 11.8 Å². The van der Waals surface area contributed by atoms with Crippen LogP contribution >= 0.6 is 0 Å². The van der Waals surface area contributed by atoms with Crippen LogP contribution in [0.2, 0.25) is 0 Å². The normalized spacial score (nSPS) is 22.1. The van der Waals surface area contributed by atoms with E-state index < -0.39 is 88.9 Å². The van der Waals surface area contributed by atoms with Gasteiger partial charge in [-0.1, -0.05) is 76.3 Å². The molecule has 6 amide bonds. The van der Waals surface area contributed by atoms with E-state index in [1.54, 1.807) is 74.5 Å². The standard InChI is InChI=1S/C31H43N5O6.C31H41N5O5/c1-17(2)25(27(38)32-19(4)28(39)36-14-8-9-23(35-36)29(40)41)34-30(42)31(6,7)13-12-21-10-11-22-15-18(3)26(20(5)37)33-24(22)16-21;1-17(2)25-27(37)32-19(4)28(38)36-14-8-9-23(35-36)29(39)41-20(5)26-18(3)15-22-11-10-21(16-24(22)33-26)12-13-31(6,7)30(40)34-25/h10-13,15-17,19-20,23,25,35,37H,8-9,14H2,1-7H3,(H,32,38)(H,34,42)(H,40,41);10-13,15-17,19-20,23,25,35H,8-9,14H2,1-7H3,(H,32,37)(H,34,40)/b13-12+;/t2*19-,20+,23-,25-/m00/s1. The Morgan fingerprint density at radius 1 is 0.831 bits per heavy atom. The maximum atomic E-state index is 13.3. The molecular weight excluding hydrogens is 1060 g/mol. The zero-order valence-corrected chi connectivity index (χ0v) is 50.3. The van der Waals surface area contributed by atoms with E-state index in [-0.39, 0.29) is 29.6 Å². The lowest BCUT2D eigenvalue weighted by Gasteiger charge is -2.35. The van der Waals surface area contributed by atoms with E-state index in [1.807, 2.05) is 88.4 Å². The number of benzene rings is 2. The average Bonchev–Trinajstić information content (AvgIpc) is 3.61. The van der Waals surface area contributed by atoms with Crippen molar-refractivity contribution in [3.05, 3.63) is 94.3 Å². The number of pyridine rings is 2. The summed E-state index contributed by atoms with van der Waals surface area (Å²) in [6.07, 6.45) is 7.98. The number of aliphatic carboxylic acids is 1. The zero-order chi connectivity index (χ0) is 61.4. The van der Waals surface area contributed by atoms with Crippen molar-refractivity contribution in [1.29, 1.82) is 0 Å². The number of nitrogens with zero attached hydrogens (tertiary/aromatic N) is 4. The lowest BCUT2D eigenvalue weighted by Crippen LogP contribution is -2.61. The number of carbonyl (C=O) groups is 8. The minimum absolute atomic E-state index is 0.221. The van der Waals surface area contributed by atoms with Crippen LogP contribution in [0.4, 0.5) is 0 Å². The number of esters is 1. The number of carboxylic acid groups (broad SMARTS) is 1. The first kappa shape index (κ1) is 64.5. The van der Waals surface area contributed by atoms with Crippen LogP contribution < -0.4 is 32.1 Å². The molecule has 8 atom stereocenters. The molecule has 5 bridgehead atoms. The van der Waals surface area contributed by atoms with Crippen molar-refractivity contribution in [2.24, 2.45) is 22.7 Å². The third-order valence-corrected chi connectivity index (χ3v) is 15.2. The molecule has 0 aliphatic carbocycles. The fraction of sp³-hybridized carbons (Fsp3) is 0.516. The zero-order valence-electron chi connectivity index (χ0n) is 50.3. The number of nitrogens with one attached hydrogen (secondary N) is 6. The average molecular weight is 1150 g/mol. The Bertz CT molecular complexity index is 3170. The number of aliphatic hydroxyl groups excluding tert-OH is 1. The number of rotatable bonds is 11. The molecule has 4 aromatic rings.